The molecule has 9 heteroatoms. The predicted octanol–water partition coefficient (Wildman–Crippen LogP) is 5.98. The van der Waals surface area contributed by atoms with Crippen LogP contribution in [0.4, 0.5) is 0 Å². The van der Waals surface area contributed by atoms with E-state index >= 15 is 0 Å². The zero-order valence-corrected chi connectivity index (χ0v) is 23.7. The van der Waals surface area contributed by atoms with Gasteiger partial charge in [0.05, 0.1) is 16.7 Å². The number of para-hydroxylation sites is 3. The summed E-state index contributed by atoms with van der Waals surface area (Å²) < 4.78 is 4.37. The lowest BCUT2D eigenvalue weighted by Crippen LogP contribution is -2.38. The van der Waals surface area contributed by atoms with Gasteiger partial charge in [0.1, 0.15) is 0 Å². The second-order valence-corrected chi connectivity index (χ2v) is 10.4. The van der Waals surface area contributed by atoms with Gasteiger partial charge in [-0.25, -0.2) is 33.5 Å². The van der Waals surface area contributed by atoms with Gasteiger partial charge in [0.2, 0.25) is 5.78 Å². The average molecular weight is 586 g/mol. The van der Waals surface area contributed by atoms with Gasteiger partial charge in [-0.2, -0.15) is 4.98 Å². The largest absolute Gasteiger partial charge is 0.359 e. The molecule has 3 aromatic heterocycles. The molecule has 0 unspecified atom stereocenters. The van der Waals surface area contributed by atoms with Gasteiger partial charge in [-0.1, -0.05) is 103 Å². The fourth-order valence-electron chi connectivity index (χ4n) is 5.54. The van der Waals surface area contributed by atoms with Crippen molar-refractivity contribution in [1.82, 2.24) is 33.5 Å². The molecular formula is C36H23N7O2. The Hall–Kier alpha value is -6.48. The van der Waals surface area contributed by atoms with Crippen molar-refractivity contribution in [3.05, 3.63) is 160 Å². The van der Waals surface area contributed by atoms with Crippen LogP contribution in [0.5, 0.6) is 0 Å². The lowest BCUT2D eigenvalue weighted by molar-refractivity contribution is 0.796. The molecule has 0 aliphatic heterocycles. The van der Waals surface area contributed by atoms with Crippen LogP contribution in [0.2, 0.25) is 0 Å². The first-order valence-corrected chi connectivity index (χ1v) is 14.3. The van der Waals surface area contributed by atoms with Crippen molar-refractivity contribution in [2.24, 2.45) is 0 Å². The van der Waals surface area contributed by atoms with Gasteiger partial charge < -0.3 is 0 Å². The van der Waals surface area contributed by atoms with E-state index in [9.17, 15) is 9.59 Å². The summed E-state index contributed by atoms with van der Waals surface area (Å²) in [6, 6.07) is 43.5. The molecule has 9 nitrogen and oxygen atoms in total. The Morgan fingerprint density at radius 1 is 0.422 bits per heavy atom. The van der Waals surface area contributed by atoms with Crippen LogP contribution in [0, 0.1) is 0 Å². The molecule has 8 rings (SSSR count). The number of rotatable bonds is 5. The molecule has 3 heterocycles. The Bertz CT molecular complexity index is 2410. The third kappa shape index (κ3) is 4.50. The molecule has 214 valence electrons. The van der Waals surface area contributed by atoms with E-state index in [1.54, 1.807) is 24.3 Å². The van der Waals surface area contributed by atoms with Gasteiger partial charge in [0.15, 0.2) is 17.5 Å². The number of fused-ring (bicyclic) bond motifs is 3. The van der Waals surface area contributed by atoms with Gasteiger partial charge in [-0.15, -0.1) is 0 Å². The molecule has 5 aromatic carbocycles. The molecule has 0 N–H and O–H groups in total. The summed E-state index contributed by atoms with van der Waals surface area (Å²) in [6.07, 6.45) is 0. The number of aromatic nitrogens is 7. The SMILES string of the molecule is O=c1nc2n(-c3cccc(-c4nc(-c5ccccc5)nc(-c5ccccc5)n4)c3)c3ccccc3n2c(=O)n1-c1ccccc1. The summed E-state index contributed by atoms with van der Waals surface area (Å²) in [5.41, 5.74) is 3.80. The first-order valence-electron chi connectivity index (χ1n) is 14.3. The summed E-state index contributed by atoms with van der Waals surface area (Å²) in [7, 11) is 0. The van der Waals surface area contributed by atoms with E-state index in [2.05, 4.69) is 4.98 Å². The molecule has 0 aliphatic rings. The summed E-state index contributed by atoms with van der Waals surface area (Å²) in [6.45, 7) is 0. The highest BCUT2D eigenvalue weighted by atomic mass is 16.2. The van der Waals surface area contributed by atoms with Crippen LogP contribution in [0.1, 0.15) is 0 Å². The van der Waals surface area contributed by atoms with Crippen LogP contribution < -0.4 is 11.4 Å². The second kappa shape index (κ2) is 10.7. The van der Waals surface area contributed by atoms with Crippen LogP contribution in [0.3, 0.4) is 0 Å². The van der Waals surface area contributed by atoms with Gasteiger partial charge in [-0.3, -0.25) is 4.57 Å². The first-order chi connectivity index (χ1) is 22.2. The molecule has 0 saturated heterocycles. The van der Waals surface area contributed by atoms with Crippen molar-refractivity contribution in [3.63, 3.8) is 0 Å². The third-order valence-electron chi connectivity index (χ3n) is 7.61. The highest BCUT2D eigenvalue weighted by molar-refractivity contribution is 5.83. The molecule has 45 heavy (non-hydrogen) atoms. The topological polar surface area (TPSA) is 100.0 Å². The fourth-order valence-corrected chi connectivity index (χ4v) is 5.54. The first kappa shape index (κ1) is 26.2. The Balaban J connectivity index is 1.35. The lowest BCUT2D eigenvalue weighted by atomic mass is 10.1. The van der Waals surface area contributed by atoms with Gasteiger partial charge in [-0.05, 0) is 36.4 Å². The number of imidazole rings is 1. The number of benzene rings is 5. The molecule has 0 saturated carbocycles. The maximum Gasteiger partial charge on any atom is 0.359 e. The van der Waals surface area contributed by atoms with Crippen molar-refractivity contribution < 1.29 is 0 Å². The highest BCUT2D eigenvalue weighted by Crippen LogP contribution is 2.28. The van der Waals surface area contributed by atoms with E-state index in [1.165, 1.54) is 4.40 Å². The van der Waals surface area contributed by atoms with E-state index < -0.39 is 11.4 Å². The van der Waals surface area contributed by atoms with Crippen LogP contribution in [-0.4, -0.2) is 33.5 Å². The van der Waals surface area contributed by atoms with Crippen LogP contribution >= 0.6 is 0 Å². The molecule has 0 fully saturated rings. The summed E-state index contributed by atoms with van der Waals surface area (Å²) >= 11 is 0. The molecule has 0 radical (unpaired) electrons. The minimum atomic E-state index is -0.663. The van der Waals surface area contributed by atoms with Gasteiger partial charge >= 0.3 is 11.4 Å². The molecule has 0 spiro atoms. The molecule has 0 atom stereocenters. The zero-order chi connectivity index (χ0) is 30.3. The van der Waals surface area contributed by atoms with E-state index in [1.807, 2.05) is 120 Å². The zero-order valence-electron chi connectivity index (χ0n) is 23.7. The number of hydrogen-bond acceptors (Lipinski definition) is 6. The Morgan fingerprint density at radius 3 is 1.53 bits per heavy atom. The van der Waals surface area contributed by atoms with E-state index in [4.69, 9.17) is 15.0 Å². The average Bonchev–Trinajstić information content (AvgIpc) is 3.43. The quantitative estimate of drug-likeness (QED) is 0.247. The molecule has 0 bridgehead atoms. The smallest absolute Gasteiger partial charge is 0.278 e. The summed E-state index contributed by atoms with van der Waals surface area (Å²) in [5, 5.41) is 0. The maximum atomic E-state index is 13.9. The third-order valence-corrected chi connectivity index (χ3v) is 7.61. The van der Waals surface area contributed by atoms with E-state index in [-0.39, 0.29) is 5.78 Å². The molecule has 0 aliphatic carbocycles. The fraction of sp³-hybridized carbons (Fsp3) is 0. The van der Waals surface area contributed by atoms with Crippen molar-refractivity contribution in [2.75, 3.05) is 0 Å². The lowest BCUT2D eigenvalue weighted by Gasteiger charge is -2.11. The highest BCUT2D eigenvalue weighted by Gasteiger charge is 2.20. The van der Waals surface area contributed by atoms with Crippen LogP contribution in [-0.2, 0) is 0 Å². The van der Waals surface area contributed by atoms with Crippen LogP contribution in [0.15, 0.2) is 149 Å². The van der Waals surface area contributed by atoms with Crippen molar-refractivity contribution in [1.29, 1.82) is 0 Å². The number of nitrogens with zero attached hydrogens (tertiary/aromatic N) is 7. The van der Waals surface area contributed by atoms with Crippen molar-refractivity contribution in [3.8, 4) is 45.5 Å². The molecule has 0 amide bonds. The standard InChI is InChI=1S/C36H23N7O2/c44-35-40-34-41(29-21-10-11-22-30(29)43(34)36(45)42(35)27-18-8-3-9-19-27)28-20-12-17-26(23-28)33-38-31(24-13-4-1-5-14-24)37-32(39-33)25-15-6-2-7-16-25/h1-23H. The summed E-state index contributed by atoms with van der Waals surface area (Å²) in [4.78, 5) is 46.2. The monoisotopic (exact) mass is 585 g/mol. The maximum absolute atomic E-state index is 13.9. The Morgan fingerprint density at radius 2 is 0.911 bits per heavy atom. The van der Waals surface area contributed by atoms with Crippen molar-refractivity contribution >= 4 is 16.8 Å². The second-order valence-electron chi connectivity index (χ2n) is 10.4. The predicted molar refractivity (Wildman–Crippen MR) is 174 cm³/mol. The molecule has 8 aromatic rings. The normalized spacial score (nSPS) is 11.3. The minimum absolute atomic E-state index is 0.209. The Labute approximate surface area is 256 Å². The van der Waals surface area contributed by atoms with Gasteiger partial charge in [0.25, 0.3) is 0 Å². The number of hydrogen-bond donors (Lipinski definition) is 0. The van der Waals surface area contributed by atoms with Crippen LogP contribution in [0.25, 0.3) is 62.3 Å². The van der Waals surface area contributed by atoms with E-state index in [0.29, 0.717) is 34.4 Å². The van der Waals surface area contributed by atoms with E-state index in [0.717, 1.165) is 26.8 Å². The van der Waals surface area contributed by atoms with Crippen molar-refractivity contribution in [2.45, 2.75) is 0 Å². The van der Waals surface area contributed by atoms with Gasteiger partial charge in [0, 0.05) is 22.4 Å². The minimum Gasteiger partial charge on any atom is -0.278 e. The summed E-state index contributed by atoms with van der Waals surface area (Å²) in [5.74, 6) is 1.80. The molecular weight excluding hydrogens is 562 g/mol. The Kier molecular flexibility index (Phi) is 6.20.